The predicted octanol–water partition coefficient (Wildman–Crippen LogP) is 1.49. The van der Waals surface area contributed by atoms with E-state index in [0.717, 1.165) is 32.8 Å². The number of hydrogen-bond acceptors (Lipinski definition) is 3. The molecule has 1 saturated heterocycles. The Morgan fingerprint density at radius 1 is 1.27 bits per heavy atom. The van der Waals surface area contributed by atoms with E-state index < -0.39 is 0 Å². The molecule has 3 nitrogen and oxygen atoms in total. The van der Waals surface area contributed by atoms with Gasteiger partial charge in [-0.15, -0.1) is 0 Å². The highest BCUT2D eigenvalue weighted by atomic mass is 16.5. The second kappa shape index (κ2) is 7.20. The van der Waals surface area contributed by atoms with Crippen molar-refractivity contribution in [2.24, 2.45) is 0 Å². The Hall–Kier alpha value is -0.120. The summed E-state index contributed by atoms with van der Waals surface area (Å²) in [5.41, 5.74) is 0. The van der Waals surface area contributed by atoms with Crippen LogP contribution in [0.25, 0.3) is 0 Å². The molecule has 0 spiro atoms. The Morgan fingerprint density at radius 2 is 1.93 bits per heavy atom. The molecular weight excluding hydrogens is 188 g/mol. The molecular formula is C12H26N2O. The lowest BCUT2D eigenvalue weighted by Crippen LogP contribution is -2.48. The van der Waals surface area contributed by atoms with Gasteiger partial charge in [-0.25, -0.2) is 0 Å². The van der Waals surface area contributed by atoms with E-state index in [1.807, 2.05) is 0 Å². The highest BCUT2D eigenvalue weighted by Gasteiger charge is 2.19. The molecule has 15 heavy (non-hydrogen) atoms. The van der Waals surface area contributed by atoms with Gasteiger partial charge in [0.1, 0.15) is 0 Å². The van der Waals surface area contributed by atoms with Crippen molar-refractivity contribution < 1.29 is 4.74 Å². The number of ether oxygens (including phenoxy) is 1. The SMILES string of the molecule is CCCC(CNC(C)C)N1CCOCC1. The van der Waals surface area contributed by atoms with Crippen LogP contribution in [0.1, 0.15) is 33.6 Å². The Bertz CT molecular complexity index is 156. The first-order chi connectivity index (χ1) is 7.24. The van der Waals surface area contributed by atoms with Gasteiger partial charge in [0.15, 0.2) is 0 Å². The third-order valence-corrected chi connectivity index (χ3v) is 2.95. The van der Waals surface area contributed by atoms with Gasteiger partial charge in [0.05, 0.1) is 13.2 Å². The van der Waals surface area contributed by atoms with Gasteiger partial charge in [-0.3, -0.25) is 4.90 Å². The van der Waals surface area contributed by atoms with Gasteiger partial charge in [0.2, 0.25) is 0 Å². The molecule has 1 heterocycles. The zero-order valence-corrected chi connectivity index (χ0v) is 10.5. The summed E-state index contributed by atoms with van der Waals surface area (Å²) < 4.78 is 5.39. The molecule has 0 aromatic carbocycles. The fourth-order valence-corrected chi connectivity index (χ4v) is 2.06. The van der Waals surface area contributed by atoms with Crippen LogP contribution in [-0.4, -0.2) is 49.8 Å². The molecule has 3 heteroatoms. The Balaban J connectivity index is 2.33. The van der Waals surface area contributed by atoms with Crippen LogP contribution >= 0.6 is 0 Å². The quantitative estimate of drug-likeness (QED) is 0.725. The van der Waals surface area contributed by atoms with Crippen molar-refractivity contribution in [2.75, 3.05) is 32.8 Å². The van der Waals surface area contributed by atoms with Gasteiger partial charge in [-0.1, -0.05) is 27.2 Å². The summed E-state index contributed by atoms with van der Waals surface area (Å²) in [4.78, 5) is 2.57. The van der Waals surface area contributed by atoms with E-state index in [1.165, 1.54) is 12.8 Å². The smallest absolute Gasteiger partial charge is 0.0594 e. The topological polar surface area (TPSA) is 24.5 Å². The molecule has 0 radical (unpaired) electrons. The lowest BCUT2D eigenvalue weighted by atomic mass is 10.1. The molecule has 1 unspecified atom stereocenters. The summed E-state index contributed by atoms with van der Waals surface area (Å²) in [6, 6.07) is 1.28. The van der Waals surface area contributed by atoms with Gasteiger partial charge in [0.25, 0.3) is 0 Å². The maximum atomic E-state index is 5.39. The maximum Gasteiger partial charge on any atom is 0.0594 e. The van der Waals surface area contributed by atoms with Crippen molar-refractivity contribution in [1.82, 2.24) is 10.2 Å². The van der Waals surface area contributed by atoms with E-state index in [4.69, 9.17) is 4.74 Å². The molecule has 1 fully saturated rings. The molecule has 0 saturated carbocycles. The molecule has 0 aromatic rings. The van der Waals surface area contributed by atoms with Crippen LogP contribution in [0.5, 0.6) is 0 Å². The van der Waals surface area contributed by atoms with Crippen LogP contribution in [0.15, 0.2) is 0 Å². The summed E-state index contributed by atoms with van der Waals surface area (Å²) in [7, 11) is 0. The van der Waals surface area contributed by atoms with Crippen LogP contribution in [0.2, 0.25) is 0 Å². The normalized spacial score (nSPS) is 20.8. The minimum Gasteiger partial charge on any atom is -0.379 e. The summed E-state index contributed by atoms with van der Waals surface area (Å²) in [5, 5.41) is 3.55. The molecule has 1 aliphatic rings. The van der Waals surface area contributed by atoms with E-state index in [1.54, 1.807) is 0 Å². The van der Waals surface area contributed by atoms with Crippen molar-refractivity contribution in [3.8, 4) is 0 Å². The molecule has 0 amide bonds. The van der Waals surface area contributed by atoms with E-state index in [0.29, 0.717) is 12.1 Å². The average Bonchev–Trinajstić information content (AvgIpc) is 2.25. The first kappa shape index (κ1) is 12.9. The molecule has 1 atom stereocenters. The maximum absolute atomic E-state index is 5.39. The van der Waals surface area contributed by atoms with E-state index in [9.17, 15) is 0 Å². The van der Waals surface area contributed by atoms with Crippen molar-refractivity contribution in [2.45, 2.75) is 45.7 Å². The molecule has 0 aliphatic carbocycles. The van der Waals surface area contributed by atoms with E-state index in [2.05, 4.69) is 31.0 Å². The minimum absolute atomic E-state index is 0.588. The predicted molar refractivity (Wildman–Crippen MR) is 64.2 cm³/mol. The standard InChI is InChI=1S/C12H26N2O/c1-4-5-12(10-13-11(2)3)14-6-8-15-9-7-14/h11-13H,4-10H2,1-3H3. The number of nitrogens with zero attached hydrogens (tertiary/aromatic N) is 1. The van der Waals surface area contributed by atoms with E-state index >= 15 is 0 Å². The van der Waals surface area contributed by atoms with Gasteiger partial charge in [0, 0.05) is 31.7 Å². The largest absolute Gasteiger partial charge is 0.379 e. The summed E-state index contributed by atoms with van der Waals surface area (Å²) >= 11 is 0. The summed E-state index contributed by atoms with van der Waals surface area (Å²) in [6.45, 7) is 11.8. The fraction of sp³-hybridized carbons (Fsp3) is 1.00. The number of hydrogen-bond donors (Lipinski definition) is 1. The zero-order chi connectivity index (χ0) is 11.1. The number of rotatable bonds is 6. The van der Waals surface area contributed by atoms with Crippen LogP contribution in [0.3, 0.4) is 0 Å². The third kappa shape index (κ3) is 4.96. The Kier molecular flexibility index (Phi) is 6.22. The van der Waals surface area contributed by atoms with Crippen LogP contribution in [0, 0.1) is 0 Å². The first-order valence-electron chi connectivity index (χ1n) is 6.29. The molecule has 0 aromatic heterocycles. The monoisotopic (exact) mass is 214 g/mol. The first-order valence-corrected chi connectivity index (χ1v) is 6.29. The number of nitrogens with one attached hydrogen (secondary N) is 1. The van der Waals surface area contributed by atoms with Gasteiger partial charge >= 0.3 is 0 Å². The van der Waals surface area contributed by atoms with Gasteiger partial charge in [-0.2, -0.15) is 0 Å². The summed E-state index contributed by atoms with van der Waals surface area (Å²) in [5.74, 6) is 0. The molecule has 1 aliphatic heterocycles. The molecule has 1 N–H and O–H groups in total. The lowest BCUT2D eigenvalue weighted by molar-refractivity contribution is 0.0144. The van der Waals surface area contributed by atoms with Crippen LogP contribution < -0.4 is 5.32 Å². The molecule has 90 valence electrons. The van der Waals surface area contributed by atoms with Gasteiger partial charge in [-0.05, 0) is 6.42 Å². The van der Waals surface area contributed by atoms with Crippen molar-refractivity contribution in [3.63, 3.8) is 0 Å². The zero-order valence-electron chi connectivity index (χ0n) is 10.5. The van der Waals surface area contributed by atoms with Gasteiger partial charge < -0.3 is 10.1 Å². The van der Waals surface area contributed by atoms with Crippen molar-refractivity contribution >= 4 is 0 Å². The average molecular weight is 214 g/mol. The lowest BCUT2D eigenvalue weighted by Gasteiger charge is -2.35. The Morgan fingerprint density at radius 3 is 2.47 bits per heavy atom. The summed E-state index contributed by atoms with van der Waals surface area (Å²) in [6.07, 6.45) is 2.56. The van der Waals surface area contributed by atoms with Crippen LogP contribution in [0.4, 0.5) is 0 Å². The third-order valence-electron chi connectivity index (χ3n) is 2.95. The molecule has 0 bridgehead atoms. The van der Waals surface area contributed by atoms with Crippen molar-refractivity contribution in [1.29, 1.82) is 0 Å². The fourth-order valence-electron chi connectivity index (χ4n) is 2.06. The highest BCUT2D eigenvalue weighted by Crippen LogP contribution is 2.09. The number of morpholine rings is 1. The second-order valence-corrected chi connectivity index (χ2v) is 4.65. The second-order valence-electron chi connectivity index (χ2n) is 4.65. The minimum atomic E-state index is 0.588. The van der Waals surface area contributed by atoms with E-state index in [-0.39, 0.29) is 0 Å². The Labute approximate surface area is 94.2 Å². The van der Waals surface area contributed by atoms with Crippen LogP contribution in [-0.2, 0) is 4.74 Å². The highest BCUT2D eigenvalue weighted by molar-refractivity contribution is 4.76. The molecule has 1 rings (SSSR count). The van der Waals surface area contributed by atoms with Crippen molar-refractivity contribution in [3.05, 3.63) is 0 Å².